The van der Waals surface area contributed by atoms with Crippen LogP contribution in [0.15, 0.2) is 41.3 Å². The highest BCUT2D eigenvalue weighted by molar-refractivity contribution is 7.89. The maximum Gasteiger partial charge on any atom is 0.245 e. The van der Waals surface area contributed by atoms with Gasteiger partial charge in [-0.25, -0.2) is 8.42 Å². The third-order valence-electron chi connectivity index (χ3n) is 5.11. The van der Waals surface area contributed by atoms with Crippen molar-refractivity contribution in [2.24, 2.45) is 5.92 Å². The summed E-state index contributed by atoms with van der Waals surface area (Å²) in [5, 5.41) is 2.95. The van der Waals surface area contributed by atoms with Gasteiger partial charge in [-0.2, -0.15) is 13.1 Å². The molecule has 0 bridgehead atoms. The Hall–Kier alpha value is -2.36. The van der Waals surface area contributed by atoms with Crippen molar-refractivity contribution in [2.75, 3.05) is 18.4 Å². The highest BCUT2D eigenvalue weighted by Gasteiger charge is 2.34. The van der Waals surface area contributed by atoms with Crippen LogP contribution in [0.2, 0.25) is 0 Å². The highest BCUT2D eigenvalue weighted by atomic mass is 32.2. The lowest BCUT2D eigenvalue weighted by molar-refractivity contribution is -0.120. The lowest BCUT2D eigenvalue weighted by atomic mass is 9.98. The number of anilines is 1. The molecule has 1 atom stereocenters. The van der Waals surface area contributed by atoms with Crippen LogP contribution in [0.4, 0.5) is 5.69 Å². The summed E-state index contributed by atoms with van der Waals surface area (Å²) in [4.78, 5) is 13.0. The molecule has 1 N–H and O–H groups in total. The lowest BCUT2D eigenvalue weighted by Crippen LogP contribution is -2.43. The number of piperidine rings is 1. The van der Waals surface area contributed by atoms with E-state index in [9.17, 15) is 13.2 Å². The molecule has 3 aromatic rings. The first-order valence-electron chi connectivity index (χ1n) is 9.45. The minimum absolute atomic E-state index is 0.150. The van der Waals surface area contributed by atoms with Gasteiger partial charge in [-0.1, -0.05) is 12.1 Å². The third kappa shape index (κ3) is 4.03. The monoisotopic (exact) mass is 430 g/mol. The number of sulfonamides is 1. The fourth-order valence-electron chi connectivity index (χ4n) is 3.79. The topological polar surface area (TPSA) is 92.3 Å². The molecule has 7 nitrogen and oxygen atoms in total. The van der Waals surface area contributed by atoms with Crippen LogP contribution >= 0.6 is 11.7 Å². The van der Waals surface area contributed by atoms with E-state index in [1.807, 2.05) is 32.0 Å². The molecule has 0 radical (unpaired) electrons. The molecule has 0 unspecified atom stereocenters. The van der Waals surface area contributed by atoms with Crippen LogP contribution in [0.1, 0.15) is 24.0 Å². The number of amides is 1. The molecular weight excluding hydrogens is 408 g/mol. The Morgan fingerprint density at radius 3 is 2.69 bits per heavy atom. The molecule has 1 fully saturated rings. The lowest BCUT2D eigenvalue weighted by Gasteiger charge is -2.31. The number of nitrogens with one attached hydrogen (secondary N) is 1. The van der Waals surface area contributed by atoms with E-state index in [1.54, 1.807) is 18.2 Å². The Balaban J connectivity index is 1.54. The zero-order valence-corrected chi connectivity index (χ0v) is 17.9. The van der Waals surface area contributed by atoms with Gasteiger partial charge in [-0.15, -0.1) is 0 Å². The van der Waals surface area contributed by atoms with Gasteiger partial charge in [0.1, 0.15) is 15.9 Å². The number of nitrogens with zero attached hydrogens (tertiary/aromatic N) is 3. The minimum Gasteiger partial charge on any atom is -0.326 e. The van der Waals surface area contributed by atoms with Crippen molar-refractivity contribution in [2.45, 2.75) is 31.6 Å². The standard InChI is InChI=1S/C20H22N4O3S2/c1-13-9-14(2)11-16(10-13)21-20(25)15-5-4-8-24(12-15)29(26,27)18-7-3-6-17-19(18)23-28-22-17/h3,6-7,9-11,15H,4-5,8,12H2,1-2H3,(H,21,25)/t15-/m0/s1. The van der Waals surface area contributed by atoms with Crippen molar-refractivity contribution < 1.29 is 13.2 Å². The molecule has 1 amide bonds. The summed E-state index contributed by atoms with van der Waals surface area (Å²) in [6.07, 6.45) is 1.29. The van der Waals surface area contributed by atoms with E-state index in [0.29, 0.717) is 30.4 Å². The summed E-state index contributed by atoms with van der Waals surface area (Å²) in [6.45, 7) is 4.51. The molecule has 0 saturated carbocycles. The summed E-state index contributed by atoms with van der Waals surface area (Å²) in [7, 11) is -3.75. The summed E-state index contributed by atoms with van der Waals surface area (Å²) in [5.74, 6) is -0.546. The molecule has 1 aromatic heterocycles. The van der Waals surface area contributed by atoms with Crippen molar-refractivity contribution in [1.82, 2.24) is 13.1 Å². The van der Waals surface area contributed by atoms with Gasteiger partial charge in [0.25, 0.3) is 0 Å². The van der Waals surface area contributed by atoms with Gasteiger partial charge in [0.2, 0.25) is 15.9 Å². The second-order valence-corrected chi connectivity index (χ2v) is 9.89. The first-order chi connectivity index (χ1) is 13.8. The van der Waals surface area contributed by atoms with Crippen LogP contribution in [0, 0.1) is 19.8 Å². The molecule has 2 heterocycles. The normalized spacial score (nSPS) is 18.1. The molecule has 29 heavy (non-hydrogen) atoms. The second kappa shape index (κ2) is 7.81. The number of rotatable bonds is 4. The van der Waals surface area contributed by atoms with E-state index in [2.05, 4.69) is 14.1 Å². The average Bonchev–Trinajstić information content (AvgIpc) is 3.16. The van der Waals surface area contributed by atoms with E-state index in [4.69, 9.17) is 0 Å². The van der Waals surface area contributed by atoms with Crippen LogP contribution < -0.4 is 5.32 Å². The van der Waals surface area contributed by atoms with Gasteiger partial charge in [-0.3, -0.25) is 4.79 Å². The first-order valence-corrected chi connectivity index (χ1v) is 11.6. The van der Waals surface area contributed by atoms with Gasteiger partial charge in [0, 0.05) is 18.8 Å². The highest BCUT2D eigenvalue weighted by Crippen LogP contribution is 2.28. The molecule has 1 aliphatic rings. The molecular formula is C20H22N4O3S2. The number of fused-ring (bicyclic) bond motifs is 1. The molecule has 9 heteroatoms. The molecule has 2 aromatic carbocycles. The fourth-order valence-corrected chi connectivity index (χ4v) is 6.07. The van der Waals surface area contributed by atoms with Crippen molar-refractivity contribution in [3.8, 4) is 0 Å². The Morgan fingerprint density at radius 1 is 1.17 bits per heavy atom. The molecule has 4 rings (SSSR count). The predicted octanol–water partition coefficient (Wildman–Crippen LogP) is 3.35. The predicted molar refractivity (Wildman–Crippen MR) is 113 cm³/mol. The van der Waals surface area contributed by atoms with Crippen molar-refractivity contribution in [3.63, 3.8) is 0 Å². The zero-order valence-electron chi connectivity index (χ0n) is 16.3. The van der Waals surface area contributed by atoms with Gasteiger partial charge in [0.15, 0.2) is 0 Å². The quantitative estimate of drug-likeness (QED) is 0.685. The number of aromatic nitrogens is 2. The minimum atomic E-state index is -3.75. The number of carbonyl (C=O) groups is 1. The van der Waals surface area contributed by atoms with Crippen molar-refractivity contribution in [3.05, 3.63) is 47.5 Å². The second-order valence-electron chi connectivity index (χ2n) is 7.46. The van der Waals surface area contributed by atoms with E-state index in [0.717, 1.165) is 28.5 Å². The van der Waals surface area contributed by atoms with E-state index in [1.165, 1.54) is 4.31 Å². The summed E-state index contributed by atoms with van der Waals surface area (Å²) < 4.78 is 36.2. The van der Waals surface area contributed by atoms with Crippen molar-refractivity contribution in [1.29, 1.82) is 0 Å². The van der Waals surface area contributed by atoms with Gasteiger partial charge in [0.05, 0.1) is 17.6 Å². The number of benzene rings is 2. The molecule has 0 spiro atoms. The largest absolute Gasteiger partial charge is 0.326 e. The van der Waals surface area contributed by atoms with Gasteiger partial charge >= 0.3 is 0 Å². The summed E-state index contributed by atoms with van der Waals surface area (Å²) in [6, 6.07) is 10.8. The van der Waals surface area contributed by atoms with Crippen molar-refractivity contribution >= 4 is 44.4 Å². The third-order valence-corrected chi connectivity index (χ3v) is 7.55. The zero-order chi connectivity index (χ0) is 20.6. The van der Waals surface area contributed by atoms with Crippen LogP contribution in [-0.2, 0) is 14.8 Å². The number of hydrogen-bond acceptors (Lipinski definition) is 6. The Bertz CT molecular complexity index is 1150. The molecule has 0 aliphatic carbocycles. The molecule has 1 aliphatic heterocycles. The van der Waals surface area contributed by atoms with Crippen LogP contribution in [-0.4, -0.2) is 40.5 Å². The molecule has 1 saturated heterocycles. The Kier molecular flexibility index (Phi) is 5.37. The number of carbonyl (C=O) groups excluding carboxylic acids is 1. The maximum atomic E-state index is 13.2. The average molecular weight is 431 g/mol. The van der Waals surface area contributed by atoms with Crippen LogP contribution in [0.5, 0.6) is 0 Å². The summed E-state index contributed by atoms with van der Waals surface area (Å²) >= 11 is 0.992. The van der Waals surface area contributed by atoms with Crippen LogP contribution in [0.25, 0.3) is 11.0 Å². The summed E-state index contributed by atoms with van der Waals surface area (Å²) in [5.41, 5.74) is 3.83. The van der Waals surface area contributed by atoms with E-state index >= 15 is 0 Å². The van der Waals surface area contributed by atoms with Gasteiger partial charge in [-0.05, 0) is 62.1 Å². The van der Waals surface area contributed by atoms with E-state index in [-0.39, 0.29) is 17.3 Å². The van der Waals surface area contributed by atoms with Crippen LogP contribution in [0.3, 0.4) is 0 Å². The van der Waals surface area contributed by atoms with E-state index < -0.39 is 15.9 Å². The Labute approximate surface area is 174 Å². The number of hydrogen-bond donors (Lipinski definition) is 1. The maximum absolute atomic E-state index is 13.2. The van der Waals surface area contributed by atoms with Gasteiger partial charge < -0.3 is 5.32 Å². The Morgan fingerprint density at radius 2 is 1.93 bits per heavy atom. The fraction of sp³-hybridized carbons (Fsp3) is 0.350. The number of aryl methyl sites for hydroxylation is 2. The first kappa shape index (κ1) is 19.9. The molecule has 152 valence electrons. The SMILES string of the molecule is Cc1cc(C)cc(NC(=O)[C@H]2CCCN(S(=O)(=O)c3cccc4nsnc34)C2)c1. The smallest absolute Gasteiger partial charge is 0.245 e.